The molecule has 1 saturated heterocycles. The van der Waals surface area contributed by atoms with Crippen LogP contribution in [-0.4, -0.2) is 51.1 Å². The van der Waals surface area contributed by atoms with Gasteiger partial charge in [-0.3, -0.25) is 9.32 Å². The molecule has 9 nitrogen and oxygen atoms in total. The van der Waals surface area contributed by atoms with Crippen molar-refractivity contribution in [1.29, 1.82) is 0 Å². The maximum Gasteiger partial charge on any atom is 0.469 e. The van der Waals surface area contributed by atoms with Crippen LogP contribution in [-0.2, 0) is 9.09 Å². The lowest BCUT2D eigenvalue weighted by atomic mass is 9.85. The Bertz CT molecular complexity index is 1440. The summed E-state index contributed by atoms with van der Waals surface area (Å²) in [4.78, 5) is 33.0. The molecule has 1 fully saturated rings. The second-order valence-electron chi connectivity index (χ2n) is 7.37. The van der Waals surface area contributed by atoms with E-state index in [1.165, 1.54) is 0 Å². The fourth-order valence-corrected chi connectivity index (χ4v) is 4.72. The standard InChI is InChI=1S/C21H21ClNO8P/c1-23-7-6-12(18(10-23)31-32(27,28)29)19-14(24)8-15(25)20-16(26)9-17(30-21(19)20)11-4-2-3-5-13(11)22/h2-5,8-9,12,18,24-25H,6-7,10H2,1H3,(H2,27,28,29)/i1D3,8D. The van der Waals surface area contributed by atoms with Crippen LogP contribution in [0.2, 0.25) is 5.02 Å². The van der Waals surface area contributed by atoms with Gasteiger partial charge in [0.15, 0.2) is 5.43 Å². The fourth-order valence-electron chi connectivity index (χ4n) is 3.92. The van der Waals surface area contributed by atoms with Crippen molar-refractivity contribution in [3.63, 3.8) is 0 Å². The summed E-state index contributed by atoms with van der Waals surface area (Å²) in [5, 5.41) is 21.2. The highest BCUT2D eigenvalue weighted by Crippen LogP contribution is 2.47. The molecule has 4 N–H and O–H groups in total. The van der Waals surface area contributed by atoms with Crippen LogP contribution in [0, 0.1) is 0 Å². The third-order valence-corrected chi connectivity index (χ3v) is 6.14. The molecule has 0 radical (unpaired) electrons. The fraction of sp³-hybridized carbons (Fsp3) is 0.286. The molecule has 11 heteroatoms. The summed E-state index contributed by atoms with van der Waals surface area (Å²) in [5.74, 6) is -2.79. The molecular formula is C21H21ClNO8P. The number of fused-ring (bicyclic) bond motifs is 1. The smallest absolute Gasteiger partial charge is 0.469 e. The number of piperidine rings is 1. The third-order valence-electron chi connectivity index (χ3n) is 5.26. The highest BCUT2D eigenvalue weighted by atomic mass is 35.5. The number of halogens is 1. The zero-order chi connectivity index (χ0) is 26.6. The minimum atomic E-state index is -5.14. The van der Waals surface area contributed by atoms with Crippen LogP contribution in [0.3, 0.4) is 0 Å². The number of phosphoric ester groups is 1. The summed E-state index contributed by atoms with van der Waals surface area (Å²) >= 11 is 6.24. The van der Waals surface area contributed by atoms with Gasteiger partial charge >= 0.3 is 7.82 Å². The van der Waals surface area contributed by atoms with Gasteiger partial charge in [0, 0.05) is 39.8 Å². The molecule has 2 unspecified atom stereocenters. The van der Waals surface area contributed by atoms with Crippen molar-refractivity contribution in [2.75, 3.05) is 20.1 Å². The van der Waals surface area contributed by atoms with Crippen LogP contribution >= 0.6 is 19.4 Å². The second kappa shape index (κ2) is 8.51. The Morgan fingerprint density at radius 3 is 2.75 bits per heavy atom. The molecule has 1 aromatic heterocycles. The molecule has 4 rings (SSSR count). The third kappa shape index (κ3) is 4.41. The normalized spacial score (nSPS) is 22.2. The number of likely N-dealkylation sites (N-methyl/N-ethyl adjacent to an activating group) is 1. The predicted octanol–water partition coefficient (Wildman–Crippen LogP) is 3.42. The molecule has 1 aliphatic rings. The van der Waals surface area contributed by atoms with Crippen LogP contribution in [0.4, 0.5) is 0 Å². The largest absolute Gasteiger partial charge is 0.507 e. The maximum atomic E-state index is 13.0. The number of phosphoric acid groups is 1. The topological polar surface area (TPSA) is 141 Å². The number of hydrogen-bond acceptors (Lipinski definition) is 7. The monoisotopic (exact) mass is 485 g/mol. The first kappa shape index (κ1) is 18.1. The van der Waals surface area contributed by atoms with Gasteiger partial charge in [-0.25, -0.2) is 4.57 Å². The summed E-state index contributed by atoms with van der Waals surface area (Å²) < 4.78 is 53.6. The van der Waals surface area contributed by atoms with E-state index in [0.717, 1.165) is 11.0 Å². The Kier molecular flexibility index (Phi) is 4.81. The Morgan fingerprint density at radius 2 is 2.06 bits per heavy atom. The Labute approximate surface area is 193 Å². The van der Waals surface area contributed by atoms with Gasteiger partial charge in [0.05, 0.1) is 12.5 Å². The zero-order valence-electron chi connectivity index (χ0n) is 20.4. The van der Waals surface area contributed by atoms with Crippen molar-refractivity contribution in [3.8, 4) is 22.8 Å². The van der Waals surface area contributed by atoms with Gasteiger partial charge in [0.25, 0.3) is 0 Å². The summed E-state index contributed by atoms with van der Waals surface area (Å²) in [6.07, 6.45) is -1.58. The lowest BCUT2D eigenvalue weighted by Gasteiger charge is -2.36. The highest BCUT2D eigenvalue weighted by Gasteiger charge is 2.38. The van der Waals surface area contributed by atoms with Crippen LogP contribution < -0.4 is 5.43 Å². The minimum absolute atomic E-state index is 0.0248. The zero-order valence-corrected chi connectivity index (χ0v) is 18.0. The van der Waals surface area contributed by atoms with E-state index < -0.39 is 61.7 Å². The molecule has 2 heterocycles. The van der Waals surface area contributed by atoms with Crippen molar-refractivity contribution >= 4 is 30.4 Å². The minimum Gasteiger partial charge on any atom is -0.507 e. The molecule has 0 spiro atoms. The first-order valence-corrected chi connectivity index (χ1v) is 11.4. The molecule has 0 saturated carbocycles. The van der Waals surface area contributed by atoms with E-state index in [9.17, 15) is 29.4 Å². The number of rotatable bonds is 4. The number of nitrogens with zero attached hydrogens (tertiary/aromatic N) is 1. The first-order chi connectivity index (χ1) is 16.7. The van der Waals surface area contributed by atoms with Gasteiger partial charge in [-0.1, -0.05) is 23.7 Å². The van der Waals surface area contributed by atoms with E-state index in [1.807, 2.05) is 0 Å². The van der Waals surface area contributed by atoms with E-state index in [0.29, 0.717) is 5.56 Å². The average Bonchev–Trinajstić information content (AvgIpc) is 2.76. The highest BCUT2D eigenvalue weighted by molar-refractivity contribution is 7.46. The molecule has 170 valence electrons. The van der Waals surface area contributed by atoms with E-state index in [4.69, 9.17) is 26.0 Å². The van der Waals surface area contributed by atoms with Crippen molar-refractivity contribution < 1.29 is 39.0 Å². The molecule has 32 heavy (non-hydrogen) atoms. The van der Waals surface area contributed by atoms with Crippen LogP contribution in [0.25, 0.3) is 22.3 Å². The van der Waals surface area contributed by atoms with Gasteiger partial charge in [-0.2, -0.15) is 0 Å². The Balaban J connectivity index is 1.98. The van der Waals surface area contributed by atoms with Gasteiger partial charge in [-0.05, 0) is 32.1 Å². The second-order valence-corrected chi connectivity index (χ2v) is 8.97. The van der Waals surface area contributed by atoms with Crippen LogP contribution in [0.5, 0.6) is 11.5 Å². The maximum absolute atomic E-state index is 13.0. The number of hydrogen-bond donors (Lipinski definition) is 4. The number of phenolic OH excluding ortho intramolecular Hbond substituents is 2. The van der Waals surface area contributed by atoms with Crippen LogP contribution in [0.1, 0.15) is 23.4 Å². The summed E-state index contributed by atoms with van der Waals surface area (Å²) in [5.41, 5.74) is -0.999. The van der Waals surface area contributed by atoms with Gasteiger partial charge < -0.3 is 29.3 Å². The van der Waals surface area contributed by atoms with E-state index in [-0.39, 0.29) is 34.9 Å². The van der Waals surface area contributed by atoms with Crippen molar-refractivity contribution in [2.24, 2.45) is 0 Å². The predicted molar refractivity (Wildman–Crippen MR) is 118 cm³/mol. The van der Waals surface area contributed by atoms with Gasteiger partial charge in [0.2, 0.25) is 0 Å². The molecule has 0 bridgehead atoms. The number of aromatic hydroxyl groups is 2. The molecule has 2 atom stereocenters. The molecular weight excluding hydrogens is 461 g/mol. The average molecular weight is 486 g/mol. The van der Waals surface area contributed by atoms with Crippen molar-refractivity contribution in [2.45, 2.75) is 18.4 Å². The Hall–Kier alpha value is -2.39. The number of likely N-dealkylation sites (tertiary alicyclic amines) is 1. The summed E-state index contributed by atoms with van der Waals surface area (Å²) in [6.45, 7) is -3.15. The van der Waals surface area contributed by atoms with Gasteiger partial charge in [-0.15, -0.1) is 0 Å². The van der Waals surface area contributed by atoms with Crippen molar-refractivity contribution in [1.82, 2.24) is 4.90 Å². The number of phenols is 2. The summed E-state index contributed by atoms with van der Waals surface area (Å²) in [7, 11) is -5.14. The molecule has 0 aliphatic carbocycles. The van der Waals surface area contributed by atoms with Crippen LogP contribution in [0.15, 0.2) is 45.6 Å². The number of benzene rings is 2. The van der Waals surface area contributed by atoms with E-state index in [2.05, 4.69) is 0 Å². The van der Waals surface area contributed by atoms with E-state index >= 15 is 0 Å². The first-order valence-electron chi connectivity index (χ1n) is 11.4. The quantitative estimate of drug-likeness (QED) is 0.409. The molecule has 0 amide bonds. The summed E-state index contributed by atoms with van der Waals surface area (Å²) in [6, 6.07) is 6.68. The Morgan fingerprint density at radius 1 is 1.31 bits per heavy atom. The molecule has 3 aromatic rings. The van der Waals surface area contributed by atoms with Crippen molar-refractivity contribution in [3.05, 3.63) is 57.2 Å². The van der Waals surface area contributed by atoms with E-state index in [1.54, 1.807) is 24.3 Å². The molecule has 1 aliphatic heterocycles. The lowest BCUT2D eigenvalue weighted by Crippen LogP contribution is -2.41. The van der Waals surface area contributed by atoms with Gasteiger partial charge in [0.1, 0.15) is 28.2 Å². The molecule has 2 aromatic carbocycles. The lowest BCUT2D eigenvalue weighted by molar-refractivity contribution is 0.0544. The SMILES string of the molecule is [2H]c1c(O)c(C2CCN(C([2H])([2H])[2H])CC2OP(=O)(O)O)c2oc(-c3ccccc3Cl)cc(=O)c2c1O.